The van der Waals surface area contributed by atoms with Crippen LogP contribution in [0, 0.1) is 0 Å². The first kappa shape index (κ1) is 23.5. The molecule has 2 aromatic heterocycles. The van der Waals surface area contributed by atoms with Crippen LogP contribution in [0.2, 0.25) is 0 Å². The summed E-state index contributed by atoms with van der Waals surface area (Å²) in [5.74, 6) is -0.136. The molecule has 15 heteroatoms. The molecule has 33 heavy (non-hydrogen) atoms. The first-order valence-electron chi connectivity index (χ1n) is 9.81. The highest BCUT2D eigenvalue weighted by atomic mass is 31.2. The van der Waals surface area contributed by atoms with Crippen LogP contribution in [0.15, 0.2) is 35.1 Å². The van der Waals surface area contributed by atoms with Crippen molar-refractivity contribution >= 4 is 24.9 Å². The van der Waals surface area contributed by atoms with Crippen molar-refractivity contribution in [2.75, 3.05) is 12.3 Å². The lowest BCUT2D eigenvalue weighted by Crippen LogP contribution is -2.43. The summed E-state index contributed by atoms with van der Waals surface area (Å²) in [4.78, 5) is 34.9. The molecule has 1 fully saturated rings. The first-order chi connectivity index (χ1) is 15.6. The van der Waals surface area contributed by atoms with Gasteiger partial charge in [0, 0.05) is 6.54 Å². The fourth-order valence-electron chi connectivity index (χ4n) is 3.44. The van der Waals surface area contributed by atoms with Gasteiger partial charge in [0.2, 0.25) is 5.95 Å². The van der Waals surface area contributed by atoms with E-state index in [-0.39, 0.29) is 29.5 Å². The van der Waals surface area contributed by atoms with Crippen LogP contribution in [-0.2, 0) is 25.0 Å². The van der Waals surface area contributed by atoms with E-state index in [1.54, 1.807) is 24.3 Å². The number of fused-ring (bicyclic) bond motifs is 1. The molecule has 1 aromatic carbocycles. The number of H-pyrrole nitrogens is 2. The van der Waals surface area contributed by atoms with Gasteiger partial charge < -0.3 is 30.6 Å². The maximum absolute atomic E-state index is 12.1. The van der Waals surface area contributed by atoms with Crippen molar-refractivity contribution in [2.45, 2.75) is 37.4 Å². The minimum Gasteiger partial charge on any atom is -0.387 e. The lowest BCUT2D eigenvalue weighted by molar-refractivity contribution is -0.0671. The zero-order chi connectivity index (χ0) is 23.8. The number of aliphatic hydroxyl groups excluding tert-OH is 1. The third-order valence-corrected chi connectivity index (χ3v) is 5.98. The average molecular weight is 482 g/mol. The maximum Gasteiger partial charge on any atom is 0.488 e. The van der Waals surface area contributed by atoms with Crippen molar-refractivity contribution in [3.05, 3.63) is 52.1 Å². The van der Waals surface area contributed by atoms with E-state index >= 15 is 0 Å². The lowest BCUT2D eigenvalue weighted by Gasteiger charge is -2.25. The van der Waals surface area contributed by atoms with Crippen LogP contribution < -0.4 is 16.8 Å². The highest BCUT2D eigenvalue weighted by Gasteiger charge is 2.54. The zero-order valence-electron chi connectivity index (χ0n) is 17.3. The molecule has 14 nitrogen and oxygen atoms in total. The molecule has 4 rings (SSSR count). The zero-order valence-corrected chi connectivity index (χ0v) is 18.2. The molecule has 1 aliphatic rings. The number of hydrogen-bond acceptors (Lipinski definition) is 11. The third-order valence-electron chi connectivity index (χ3n) is 5.14. The Morgan fingerprint density at radius 2 is 2.03 bits per heavy atom. The SMILES string of the molecule is C[C@@]1(O)[C@H](O)[C@@H](COP(=O)(O)ONCc2ccccc2)O[C@H]1c1nc2nc(N)[nH]c(=O)c2[nH]1. The Morgan fingerprint density at radius 1 is 1.30 bits per heavy atom. The topological polar surface area (TPSA) is 218 Å². The van der Waals surface area contributed by atoms with Gasteiger partial charge in [0.15, 0.2) is 11.2 Å². The van der Waals surface area contributed by atoms with Crippen LogP contribution in [0.25, 0.3) is 11.2 Å². The van der Waals surface area contributed by atoms with E-state index < -0.39 is 43.9 Å². The largest absolute Gasteiger partial charge is 0.488 e. The number of hydrogen-bond donors (Lipinski definition) is 7. The fourth-order valence-corrected chi connectivity index (χ4v) is 4.06. The number of nitrogens with one attached hydrogen (secondary N) is 3. The highest BCUT2D eigenvalue weighted by Crippen LogP contribution is 2.45. The smallest absolute Gasteiger partial charge is 0.387 e. The van der Waals surface area contributed by atoms with Gasteiger partial charge in [-0.25, -0.2) is 9.55 Å². The van der Waals surface area contributed by atoms with Crippen molar-refractivity contribution in [1.82, 2.24) is 25.4 Å². The molecule has 5 atom stereocenters. The molecule has 3 aromatic rings. The number of aromatic amines is 2. The quantitative estimate of drug-likeness (QED) is 0.161. The molecular formula is C18H23N6O8P. The average Bonchev–Trinajstić information content (AvgIpc) is 3.26. The number of benzene rings is 1. The molecule has 0 saturated carbocycles. The van der Waals surface area contributed by atoms with E-state index in [4.69, 9.17) is 19.6 Å². The molecule has 0 radical (unpaired) electrons. The van der Waals surface area contributed by atoms with Crippen LogP contribution in [0.3, 0.4) is 0 Å². The Labute approximate surface area is 186 Å². The number of phosphoric acid groups is 1. The number of anilines is 1. The van der Waals surface area contributed by atoms with Gasteiger partial charge in [0.25, 0.3) is 5.56 Å². The molecule has 0 aliphatic carbocycles. The summed E-state index contributed by atoms with van der Waals surface area (Å²) >= 11 is 0. The number of imidazole rings is 1. The summed E-state index contributed by atoms with van der Waals surface area (Å²) < 4.78 is 27.4. The summed E-state index contributed by atoms with van der Waals surface area (Å²) in [6.07, 6.45) is -3.97. The number of aliphatic hydroxyl groups is 2. The number of ether oxygens (including phenoxy) is 1. The van der Waals surface area contributed by atoms with Gasteiger partial charge in [-0.3, -0.25) is 14.3 Å². The fraction of sp³-hybridized carbons (Fsp3) is 0.389. The Kier molecular flexibility index (Phi) is 6.35. The van der Waals surface area contributed by atoms with Gasteiger partial charge in [-0.1, -0.05) is 30.3 Å². The molecule has 1 saturated heterocycles. The van der Waals surface area contributed by atoms with E-state index in [2.05, 4.69) is 25.4 Å². The second kappa shape index (κ2) is 8.93. The Balaban J connectivity index is 1.41. The monoisotopic (exact) mass is 482 g/mol. The van der Waals surface area contributed by atoms with Crippen LogP contribution in [-0.4, -0.2) is 59.5 Å². The molecule has 1 unspecified atom stereocenters. The van der Waals surface area contributed by atoms with E-state index in [1.165, 1.54) is 6.92 Å². The Bertz CT molecular complexity index is 1230. The number of nitrogen functional groups attached to an aromatic ring is 1. The van der Waals surface area contributed by atoms with E-state index in [9.17, 15) is 24.5 Å². The van der Waals surface area contributed by atoms with Crippen molar-refractivity contribution in [3.8, 4) is 0 Å². The predicted octanol–water partition coefficient (Wildman–Crippen LogP) is -0.381. The summed E-state index contributed by atoms with van der Waals surface area (Å²) in [5, 5.41) is 21.3. The van der Waals surface area contributed by atoms with Gasteiger partial charge in [-0.2, -0.15) is 15.1 Å². The van der Waals surface area contributed by atoms with Crippen LogP contribution in [0.5, 0.6) is 0 Å². The van der Waals surface area contributed by atoms with Crippen molar-refractivity contribution in [1.29, 1.82) is 0 Å². The van der Waals surface area contributed by atoms with Crippen LogP contribution in [0.1, 0.15) is 24.4 Å². The molecule has 3 heterocycles. The van der Waals surface area contributed by atoms with E-state index in [1.807, 2.05) is 6.07 Å². The van der Waals surface area contributed by atoms with Crippen molar-refractivity contribution in [3.63, 3.8) is 0 Å². The molecule has 8 N–H and O–H groups in total. The molecule has 0 amide bonds. The maximum atomic E-state index is 12.1. The van der Waals surface area contributed by atoms with Crippen LogP contribution in [0.4, 0.5) is 5.95 Å². The van der Waals surface area contributed by atoms with Crippen LogP contribution >= 0.6 is 7.82 Å². The number of rotatable bonds is 8. The number of nitrogens with zero attached hydrogens (tertiary/aromatic N) is 2. The summed E-state index contributed by atoms with van der Waals surface area (Å²) in [6.45, 7) is 0.858. The Hall–Kier alpha value is -2.68. The first-order valence-corrected chi connectivity index (χ1v) is 11.3. The van der Waals surface area contributed by atoms with E-state index in [0.717, 1.165) is 5.56 Å². The van der Waals surface area contributed by atoms with Crippen molar-refractivity contribution in [2.24, 2.45) is 0 Å². The number of hydroxylamine groups is 1. The standard InChI is InChI=1S/C18H23N6O8P/c1-18(27)12(25)10(8-30-33(28,29)32-20-7-9-5-3-2-4-6-9)31-13(18)15-21-11-14(22-15)23-17(19)24-16(11)26/h2-6,10,12-13,20,25,27H,7-8H2,1H3,(H,28,29)(H4,19,21,22,23,24,26)/t10-,12-,13+,18-/m1/s1. The molecular weight excluding hydrogens is 459 g/mol. The van der Waals surface area contributed by atoms with Gasteiger partial charge in [-0.15, -0.1) is 0 Å². The molecule has 178 valence electrons. The second-order valence-corrected chi connectivity index (χ2v) is 9.04. The van der Waals surface area contributed by atoms with E-state index in [0.29, 0.717) is 0 Å². The molecule has 1 aliphatic heterocycles. The Morgan fingerprint density at radius 3 is 2.76 bits per heavy atom. The van der Waals surface area contributed by atoms with Gasteiger partial charge in [0.05, 0.1) is 6.61 Å². The summed E-state index contributed by atoms with van der Waals surface area (Å²) in [7, 11) is -4.55. The van der Waals surface area contributed by atoms with Gasteiger partial charge in [0.1, 0.15) is 29.7 Å². The number of aromatic nitrogens is 4. The molecule has 0 spiro atoms. The number of phosphoric ester groups is 1. The normalized spacial score (nSPS) is 27.1. The third kappa shape index (κ3) is 4.98. The number of nitrogens with two attached hydrogens (primary N) is 1. The van der Waals surface area contributed by atoms with Gasteiger partial charge in [-0.05, 0) is 12.5 Å². The van der Waals surface area contributed by atoms with Crippen molar-refractivity contribution < 1.29 is 33.6 Å². The second-order valence-electron chi connectivity index (χ2n) is 7.66. The predicted molar refractivity (Wildman–Crippen MR) is 113 cm³/mol. The highest BCUT2D eigenvalue weighted by molar-refractivity contribution is 7.47. The summed E-state index contributed by atoms with van der Waals surface area (Å²) in [5.41, 5.74) is 6.22. The minimum absolute atomic E-state index is 0.00223. The minimum atomic E-state index is -4.55. The molecule has 0 bridgehead atoms. The van der Waals surface area contributed by atoms with Gasteiger partial charge >= 0.3 is 7.82 Å². The summed E-state index contributed by atoms with van der Waals surface area (Å²) in [6, 6.07) is 9.02. The lowest BCUT2D eigenvalue weighted by atomic mass is 9.92.